The molecule has 27 heavy (non-hydrogen) atoms. The van der Waals surface area contributed by atoms with E-state index in [4.69, 9.17) is 4.74 Å². The molecule has 1 atom stereocenters. The van der Waals surface area contributed by atoms with E-state index in [1.54, 1.807) is 12.1 Å². The SMILES string of the molecule is CCOc1ccccc1NC(=O)C(Sc1cccc[n+]1O)c1ccccc1. The molecular weight excluding hydrogens is 360 g/mol. The van der Waals surface area contributed by atoms with Crippen LogP contribution in [-0.4, -0.2) is 17.7 Å². The summed E-state index contributed by atoms with van der Waals surface area (Å²) in [5.41, 5.74) is 1.47. The molecule has 0 bridgehead atoms. The van der Waals surface area contributed by atoms with Gasteiger partial charge in [-0.2, -0.15) is 0 Å². The normalized spacial score (nSPS) is 11.6. The van der Waals surface area contributed by atoms with Crippen LogP contribution in [-0.2, 0) is 4.79 Å². The lowest BCUT2D eigenvalue weighted by molar-refractivity contribution is -0.932. The zero-order chi connectivity index (χ0) is 19.1. The lowest BCUT2D eigenvalue weighted by Gasteiger charge is -2.17. The standard InChI is InChI=1S/C21H20N2O3S/c1-2-26-18-13-7-6-12-17(18)22-21(24)20(16-10-4-3-5-11-16)27-19-14-8-9-15-23(19)25/h3-15,20H,2H2,1H3,(H-,22,24,25)/p+1. The highest BCUT2D eigenvalue weighted by Gasteiger charge is 2.27. The minimum atomic E-state index is -0.540. The maximum absolute atomic E-state index is 13.1. The molecule has 0 fully saturated rings. The highest BCUT2D eigenvalue weighted by atomic mass is 32.2. The van der Waals surface area contributed by atoms with Gasteiger partial charge in [-0.05, 0) is 42.4 Å². The summed E-state index contributed by atoms with van der Waals surface area (Å²) in [4.78, 5) is 13.1. The average Bonchev–Trinajstić information content (AvgIpc) is 2.69. The van der Waals surface area contributed by atoms with Crippen molar-refractivity contribution >= 4 is 23.4 Å². The Labute approximate surface area is 162 Å². The van der Waals surface area contributed by atoms with E-state index >= 15 is 0 Å². The van der Waals surface area contributed by atoms with Crippen molar-refractivity contribution in [3.05, 3.63) is 84.6 Å². The van der Waals surface area contributed by atoms with Crippen LogP contribution in [0.25, 0.3) is 0 Å². The first-order valence-electron chi connectivity index (χ1n) is 8.63. The van der Waals surface area contributed by atoms with E-state index in [0.717, 1.165) is 10.3 Å². The van der Waals surface area contributed by atoms with E-state index in [2.05, 4.69) is 5.32 Å². The molecule has 0 aliphatic heterocycles. The minimum absolute atomic E-state index is 0.192. The van der Waals surface area contributed by atoms with Crippen molar-refractivity contribution in [1.82, 2.24) is 0 Å². The number of benzene rings is 2. The van der Waals surface area contributed by atoms with Gasteiger partial charge in [0.05, 0.1) is 12.3 Å². The van der Waals surface area contributed by atoms with Crippen molar-refractivity contribution in [3.8, 4) is 5.75 Å². The number of ether oxygens (including phenoxy) is 1. The number of aromatic nitrogens is 1. The second-order valence-corrected chi connectivity index (χ2v) is 6.84. The first-order chi connectivity index (χ1) is 13.2. The molecule has 5 nitrogen and oxygen atoms in total. The summed E-state index contributed by atoms with van der Waals surface area (Å²) in [7, 11) is 0. The summed E-state index contributed by atoms with van der Waals surface area (Å²) < 4.78 is 6.61. The maximum Gasteiger partial charge on any atom is 0.292 e. The fourth-order valence-electron chi connectivity index (χ4n) is 2.58. The smallest absolute Gasteiger partial charge is 0.292 e. The fourth-order valence-corrected chi connectivity index (χ4v) is 3.61. The van der Waals surface area contributed by atoms with Crippen LogP contribution < -0.4 is 14.8 Å². The summed E-state index contributed by atoms with van der Waals surface area (Å²) in [6.07, 6.45) is 1.53. The van der Waals surface area contributed by atoms with Gasteiger partial charge in [-0.15, -0.1) is 0 Å². The van der Waals surface area contributed by atoms with Crippen LogP contribution in [0.2, 0.25) is 0 Å². The Balaban J connectivity index is 1.89. The Morgan fingerprint density at radius 3 is 2.52 bits per heavy atom. The number of anilines is 1. The summed E-state index contributed by atoms with van der Waals surface area (Å²) in [6.45, 7) is 2.41. The number of carbonyl (C=O) groups excluding carboxylic acids is 1. The van der Waals surface area contributed by atoms with Crippen molar-refractivity contribution < 1.29 is 19.5 Å². The van der Waals surface area contributed by atoms with E-state index in [0.29, 0.717) is 23.1 Å². The van der Waals surface area contributed by atoms with Crippen molar-refractivity contribution in [3.63, 3.8) is 0 Å². The quantitative estimate of drug-likeness (QED) is 0.368. The lowest BCUT2D eigenvalue weighted by Crippen LogP contribution is -2.32. The second kappa shape index (κ2) is 9.09. The first-order valence-corrected chi connectivity index (χ1v) is 9.51. The molecule has 3 aromatic rings. The van der Waals surface area contributed by atoms with Crippen LogP contribution in [0.4, 0.5) is 5.69 Å². The minimum Gasteiger partial charge on any atom is -0.492 e. The third-order valence-electron chi connectivity index (χ3n) is 3.83. The molecule has 0 aliphatic carbocycles. The molecule has 1 aromatic heterocycles. The van der Waals surface area contributed by atoms with Gasteiger partial charge >= 0.3 is 0 Å². The van der Waals surface area contributed by atoms with Gasteiger partial charge in [-0.25, -0.2) is 0 Å². The summed E-state index contributed by atoms with van der Waals surface area (Å²) in [6, 6.07) is 22.1. The predicted molar refractivity (Wildman–Crippen MR) is 105 cm³/mol. The van der Waals surface area contributed by atoms with Gasteiger partial charge in [0.25, 0.3) is 5.03 Å². The molecule has 1 amide bonds. The number of nitrogens with zero attached hydrogens (tertiary/aromatic N) is 1. The maximum atomic E-state index is 13.1. The predicted octanol–water partition coefficient (Wildman–Crippen LogP) is 4.08. The second-order valence-electron chi connectivity index (χ2n) is 5.71. The largest absolute Gasteiger partial charge is 0.492 e. The molecule has 0 aliphatic rings. The molecule has 0 saturated heterocycles. The van der Waals surface area contributed by atoms with Gasteiger partial charge in [0.2, 0.25) is 12.1 Å². The Morgan fingerprint density at radius 1 is 1.07 bits per heavy atom. The van der Waals surface area contributed by atoms with Gasteiger partial charge in [-0.3, -0.25) is 10.0 Å². The fraction of sp³-hybridized carbons (Fsp3) is 0.143. The van der Waals surface area contributed by atoms with Crippen LogP contribution in [0.15, 0.2) is 84.0 Å². The van der Waals surface area contributed by atoms with E-state index in [-0.39, 0.29) is 5.91 Å². The lowest BCUT2D eigenvalue weighted by atomic mass is 10.1. The number of pyridine rings is 1. The Bertz CT molecular complexity index is 903. The highest BCUT2D eigenvalue weighted by Crippen LogP contribution is 2.35. The van der Waals surface area contributed by atoms with Gasteiger partial charge < -0.3 is 10.1 Å². The Hall–Kier alpha value is -2.99. The Morgan fingerprint density at radius 2 is 1.78 bits per heavy atom. The molecule has 0 spiro atoms. The van der Waals surface area contributed by atoms with Crippen LogP contribution >= 0.6 is 11.8 Å². The zero-order valence-electron chi connectivity index (χ0n) is 14.9. The number of hydrogen-bond donors (Lipinski definition) is 2. The van der Waals surface area contributed by atoms with E-state index in [1.165, 1.54) is 18.0 Å². The average molecular weight is 381 g/mol. The van der Waals surface area contributed by atoms with Gasteiger partial charge in [0, 0.05) is 16.9 Å². The van der Waals surface area contributed by atoms with Crippen LogP contribution in [0, 0.1) is 0 Å². The first kappa shape index (κ1) is 18.8. The van der Waals surface area contributed by atoms with Gasteiger partial charge in [0.1, 0.15) is 11.0 Å². The molecule has 6 heteroatoms. The molecule has 0 radical (unpaired) electrons. The molecule has 2 N–H and O–H groups in total. The van der Waals surface area contributed by atoms with Crippen LogP contribution in [0.5, 0.6) is 5.75 Å². The van der Waals surface area contributed by atoms with Gasteiger partial charge in [0.15, 0.2) is 0 Å². The molecule has 138 valence electrons. The molecule has 2 aromatic carbocycles. The zero-order valence-corrected chi connectivity index (χ0v) is 15.7. The van der Waals surface area contributed by atoms with Crippen LogP contribution in [0.1, 0.15) is 17.7 Å². The van der Waals surface area contributed by atoms with E-state index < -0.39 is 5.25 Å². The number of amides is 1. The molecular formula is C21H21N2O3S+. The Kier molecular flexibility index (Phi) is 6.33. The molecule has 1 heterocycles. The number of rotatable bonds is 7. The van der Waals surface area contributed by atoms with E-state index in [1.807, 2.05) is 67.6 Å². The highest BCUT2D eigenvalue weighted by molar-refractivity contribution is 8.00. The van der Waals surface area contributed by atoms with Crippen molar-refractivity contribution in [2.45, 2.75) is 17.2 Å². The summed E-state index contributed by atoms with van der Waals surface area (Å²) >= 11 is 1.28. The third kappa shape index (κ3) is 4.80. The van der Waals surface area contributed by atoms with Crippen molar-refractivity contribution in [1.29, 1.82) is 0 Å². The van der Waals surface area contributed by atoms with Crippen molar-refractivity contribution in [2.24, 2.45) is 0 Å². The van der Waals surface area contributed by atoms with Gasteiger partial charge in [-0.1, -0.05) is 42.5 Å². The molecule has 3 rings (SSSR count). The summed E-state index contributed by atoms with van der Waals surface area (Å²) in [5.74, 6) is 0.435. The van der Waals surface area contributed by atoms with Crippen molar-refractivity contribution in [2.75, 3.05) is 11.9 Å². The number of nitrogens with one attached hydrogen (secondary N) is 1. The number of carbonyl (C=O) groups is 1. The number of thioether (sulfide) groups is 1. The number of para-hydroxylation sites is 2. The summed E-state index contributed by atoms with van der Waals surface area (Å²) in [5, 5.41) is 13.0. The molecule has 0 saturated carbocycles. The topological polar surface area (TPSA) is 62.4 Å². The van der Waals surface area contributed by atoms with Crippen LogP contribution in [0.3, 0.4) is 0 Å². The molecule has 1 unspecified atom stereocenters. The monoisotopic (exact) mass is 381 g/mol. The third-order valence-corrected chi connectivity index (χ3v) is 5.11. The van der Waals surface area contributed by atoms with E-state index in [9.17, 15) is 10.0 Å². The number of hydrogen-bond acceptors (Lipinski definition) is 4.